The van der Waals surface area contributed by atoms with E-state index in [0.29, 0.717) is 13.0 Å². The number of thiol groups is 1. The van der Waals surface area contributed by atoms with Crippen molar-refractivity contribution in [2.75, 3.05) is 6.54 Å². The lowest BCUT2D eigenvalue weighted by Crippen LogP contribution is -2.31. The first-order chi connectivity index (χ1) is 6.61. The summed E-state index contributed by atoms with van der Waals surface area (Å²) in [5, 5.41) is 10.1. The van der Waals surface area contributed by atoms with E-state index in [1.54, 1.807) is 13.3 Å². The molecule has 0 bridgehead atoms. The quantitative estimate of drug-likeness (QED) is 0.682. The highest BCUT2D eigenvalue weighted by molar-refractivity contribution is 7.81. The second-order valence-corrected chi connectivity index (χ2v) is 3.85. The number of hydrogen-bond acceptors (Lipinski definition) is 4. The molecule has 78 valence electrons. The van der Waals surface area contributed by atoms with E-state index in [1.807, 2.05) is 11.6 Å². The largest absolute Gasteiger partial charge is 0.355 e. The highest BCUT2D eigenvalue weighted by atomic mass is 32.1. The van der Waals surface area contributed by atoms with E-state index in [9.17, 15) is 4.79 Å². The van der Waals surface area contributed by atoms with Gasteiger partial charge in [0.15, 0.2) is 0 Å². The highest BCUT2D eigenvalue weighted by Gasteiger charge is 2.07. The first-order valence-corrected chi connectivity index (χ1v) is 4.91. The van der Waals surface area contributed by atoms with Gasteiger partial charge in [0.25, 0.3) is 0 Å². The van der Waals surface area contributed by atoms with E-state index in [0.717, 1.165) is 5.82 Å². The van der Waals surface area contributed by atoms with Crippen molar-refractivity contribution in [3.05, 3.63) is 12.2 Å². The third-order valence-electron chi connectivity index (χ3n) is 1.83. The molecule has 1 aromatic rings. The van der Waals surface area contributed by atoms with Crippen LogP contribution in [-0.4, -0.2) is 32.5 Å². The summed E-state index contributed by atoms with van der Waals surface area (Å²) in [6, 6.07) is 0. The van der Waals surface area contributed by atoms with Gasteiger partial charge in [-0.1, -0.05) is 0 Å². The Bertz CT molecular complexity index is 310. The topological polar surface area (TPSA) is 59.8 Å². The molecule has 1 rings (SSSR count). The Morgan fingerprint density at radius 1 is 1.79 bits per heavy atom. The lowest BCUT2D eigenvalue weighted by atomic mass is 10.3. The van der Waals surface area contributed by atoms with Crippen LogP contribution >= 0.6 is 12.6 Å². The van der Waals surface area contributed by atoms with E-state index in [2.05, 4.69) is 28.1 Å². The van der Waals surface area contributed by atoms with Gasteiger partial charge in [0.05, 0.1) is 5.25 Å². The molecule has 1 aromatic heterocycles. The summed E-state index contributed by atoms with van der Waals surface area (Å²) in [6.07, 6.45) is 2.32. The lowest BCUT2D eigenvalue weighted by Gasteiger charge is -2.06. The summed E-state index contributed by atoms with van der Waals surface area (Å²) < 4.78 is 1.83. The monoisotopic (exact) mass is 214 g/mol. The smallest absolute Gasteiger partial charge is 0.232 e. The maximum Gasteiger partial charge on any atom is 0.232 e. The van der Waals surface area contributed by atoms with Crippen LogP contribution in [0.4, 0.5) is 0 Å². The molecule has 1 N–H and O–H groups in total. The molecule has 6 heteroatoms. The first-order valence-electron chi connectivity index (χ1n) is 4.40. The van der Waals surface area contributed by atoms with Crippen molar-refractivity contribution in [2.45, 2.75) is 18.6 Å². The number of aromatic nitrogens is 3. The number of nitrogens with one attached hydrogen (secondary N) is 1. The van der Waals surface area contributed by atoms with Crippen LogP contribution < -0.4 is 5.32 Å². The number of carbonyl (C=O) groups is 1. The molecular weight excluding hydrogens is 200 g/mol. The summed E-state index contributed by atoms with van der Waals surface area (Å²) in [5.74, 6) is 0.799. The zero-order valence-corrected chi connectivity index (χ0v) is 9.16. The van der Waals surface area contributed by atoms with Crippen LogP contribution in [0.3, 0.4) is 0 Å². The Hall–Kier alpha value is -1.04. The third kappa shape index (κ3) is 3.02. The van der Waals surface area contributed by atoms with E-state index in [4.69, 9.17) is 0 Å². The SMILES string of the molecule is CC(S)C(=O)NCCc1nncn1C. The molecule has 1 heterocycles. The van der Waals surface area contributed by atoms with Crippen molar-refractivity contribution >= 4 is 18.5 Å². The number of hydrogen-bond donors (Lipinski definition) is 2. The number of aryl methyl sites for hydroxylation is 1. The van der Waals surface area contributed by atoms with Crippen LogP contribution in [0, 0.1) is 0 Å². The molecule has 14 heavy (non-hydrogen) atoms. The van der Waals surface area contributed by atoms with E-state index in [-0.39, 0.29) is 11.2 Å². The fourth-order valence-electron chi connectivity index (χ4n) is 0.979. The van der Waals surface area contributed by atoms with Gasteiger partial charge in [-0.2, -0.15) is 12.6 Å². The fraction of sp³-hybridized carbons (Fsp3) is 0.625. The Labute approximate surface area is 88.3 Å². The Morgan fingerprint density at radius 2 is 2.50 bits per heavy atom. The fourth-order valence-corrected chi connectivity index (χ4v) is 1.07. The zero-order chi connectivity index (χ0) is 10.6. The van der Waals surface area contributed by atoms with Gasteiger partial charge < -0.3 is 9.88 Å². The van der Waals surface area contributed by atoms with Crippen molar-refractivity contribution in [1.82, 2.24) is 20.1 Å². The van der Waals surface area contributed by atoms with Crippen LogP contribution in [0.1, 0.15) is 12.7 Å². The summed E-state index contributed by atoms with van der Waals surface area (Å²) in [5.41, 5.74) is 0. The van der Waals surface area contributed by atoms with Gasteiger partial charge in [-0.05, 0) is 6.92 Å². The molecule has 5 nitrogen and oxygen atoms in total. The molecule has 0 fully saturated rings. The minimum absolute atomic E-state index is 0.0597. The van der Waals surface area contributed by atoms with Gasteiger partial charge >= 0.3 is 0 Å². The van der Waals surface area contributed by atoms with Gasteiger partial charge in [0.2, 0.25) is 5.91 Å². The van der Waals surface area contributed by atoms with E-state index in [1.165, 1.54) is 0 Å². The predicted molar refractivity (Wildman–Crippen MR) is 56.2 cm³/mol. The molecule has 0 aliphatic heterocycles. The van der Waals surface area contributed by atoms with Crippen LogP contribution in [0.15, 0.2) is 6.33 Å². The van der Waals surface area contributed by atoms with Gasteiger partial charge in [-0.25, -0.2) is 0 Å². The number of amides is 1. The summed E-state index contributed by atoms with van der Waals surface area (Å²) in [7, 11) is 1.87. The molecule has 0 radical (unpaired) electrons. The van der Waals surface area contributed by atoms with Gasteiger partial charge in [0, 0.05) is 20.0 Å². The summed E-state index contributed by atoms with van der Waals surface area (Å²) in [6.45, 7) is 2.30. The van der Waals surface area contributed by atoms with Crippen molar-refractivity contribution < 1.29 is 4.79 Å². The number of rotatable bonds is 4. The maximum absolute atomic E-state index is 11.1. The normalized spacial score (nSPS) is 12.5. The van der Waals surface area contributed by atoms with Gasteiger partial charge in [-0.15, -0.1) is 10.2 Å². The highest BCUT2D eigenvalue weighted by Crippen LogP contribution is 1.94. The molecular formula is C8H14N4OS. The zero-order valence-electron chi connectivity index (χ0n) is 8.27. The Kier molecular flexibility index (Phi) is 3.94. The summed E-state index contributed by atoms with van der Waals surface area (Å²) in [4.78, 5) is 11.1. The van der Waals surface area contributed by atoms with Crippen molar-refractivity contribution in [3.8, 4) is 0 Å². The van der Waals surface area contributed by atoms with Crippen LogP contribution in [0.2, 0.25) is 0 Å². The molecule has 0 aliphatic rings. The van der Waals surface area contributed by atoms with Gasteiger partial charge in [-0.3, -0.25) is 4.79 Å². The third-order valence-corrected chi connectivity index (χ3v) is 2.07. The molecule has 1 amide bonds. The second-order valence-electron chi connectivity index (χ2n) is 3.08. The van der Waals surface area contributed by atoms with Crippen molar-refractivity contribution in [1.29, 1.82) is 0 Å². The Morgan fingerprint density at radius 3 is 3.00 bits per heavy atom. The lowest BCUT2D eigenvalue weighted by molar-refractivity contribution is -0.120. The Balaban J connectivity index is 2.29. The molecule has 0 aromatic carbocycles. The number of nitrogens with zero attached hydrogens (tertiary/aromatic N) is 3. The molecule has 1 atom stereocenters. The van der Waals surface area contributed by atoms with Crippen molar-refractivity contribution in [2.24, 2.45) is 7.05 Å². The number of carbonyl (C=O) groups excluding carboxylic acids is 1. The summed E-state index contributed by atoms with van der Waals surface area (Å²) >= 11 is 4.02. The molecule has 1 unspecified atom stereocenters. The predicted octanol–water partition coefficient (Wildman–Crippen LogP) is -0.208. The average molecular weight is 214 g/mol. The van der Waals surface area contributed by atoms with Crippen LogP contribution in [-0.2, 0) is 18.3 Å². The minimum Gasteiger partial charge on any atom is -0.355 e. The van der Waals surface area contributed by atoms with E-state index < -0.39 is 0 Å². The second kappa shape index (κ2) is 4.99. The molecule has 0 spiro atoms. The van der Waals surface area contributed by atoms with Gasteiger partial charge in [0.1, 0.15) is 12.2 Å². The standard InChI is InChI=1S/C8H14N4OS/c1-6(14)8(13)9-4-3-7-11-10-5-12(7)2/h5-6,14H,3-4H2,1-2H3,(H,9,13). The maximum atomic E-state index is 11.1. The van der Waals surface area contributed by atoms with Crippen LogP contribution in [0.25, 0.3) is 0 Å². The molecule has 0 aliphatic carbocycles. The average Bonchev–Trinajstić information content (AvgIpc) is 2.51. The van der Waals surface area contributed by atoms with Crippen LogP contribution in [0.5, 0.6) is 0 Å². The van der Waals surface area contributed by atoms with Crippen molar-refractivity contribution in [3.63, 3.8) is 0 Å². The minimum atomic E-state index is -0.269. The molecule has 0 saturated heterocycles. The van der Waals surface area contributed by atoms with E-state index >= 15 is 0 Å². The first kappa shape index (κ1) is 11.0. The molecule has 0 saturated carbocycles.